The molecule has 60 heavy (non-hydrogen) atoms. The van der Waals surface area contributed by atoms with Gasteiger partial charge in [0.2, 0.25) is 0 Å². The fourth-order valence-electron chi connectivity index (χ4n) is 6.80. The average molecular weight is 843 g/mol. The van der Waals surface area contributed by atoms with E-state index >= 15 is 0 Å². The minimum Gasteiger partial charge on any atom is -0.497 e. The fraction of sp³-hybridized carbons (Fsp3) is 0.311. The van der Waals surface area contributed by atoms with E-state index in [1.54, 1.807) is 44.6 Å². The summed E-state index contributed by atoms with van der Waals surface area (Å²) in [4.78, 5) is 39.9. The molecule has 2 aliphatic rings. The topological polar surface area (TPSA) is 189 Å². The SMILES string of the molecule is CC(CN(C)C)CN1c2ccccc2Sc2ccccc21.COc1ccc(-c2c(OC)c3c(OC)c4c(cc3oc2=O)OC(C)(C)C=C4)cc1.O=C(O)C(O)C(O)C(=O)O. The number of ether oxygens (including phenoxy) is 4. The van der Waals surface area contributed by atoms with Gasteiger partial charge in [0.25, 0.3) is 0 Å². The number of para-hydroxylation sites is 2. The maximum atomic E-state index is 12.9. The van der Waals surface area contributed by atoms with Crippen molar-refractivity contribution in [3.8, 4) is 34.1 Å². The molecule has 318 valence electrons. The molecule has 1 aromatic heterocycles. The second kappa shape index (κ2) is 19.4. The Labute approximate surface area is 352 Å². The van der Waals surface area contributed by atoms with Gasteiger partial charge in [-0.15, -0.1) is 0 Å². The molecule has 0 saturated heterocycles. The Bertz CT molecular complexity index is 2350. The second-order valence-corrected chi connectivity index (χ2v) is 15.9. The van der Waals surface area contributed by atoms with Gasteiger partial charge in [-0.1, -0.05) is 55.1 Å². The summed E-state index contributed by atoms with van der Waals surface area (Å²) in [6.07, 6.45) is -0.621. The van der Waals surface area contributed by atoms with Crippen LogP contribution in [-0.2, 0) is 9.59 Å². The number of aliphatic carboxylic acids is 2. The van der Waals surface area contributed by atoms with Gasteiger partial charge in [0, 0.05) is 28.9 Å². The van der Waals surface area contributed by atoms with Gasteiger partial charge < -0.3 is 53.6 Å². The van der Waals surface area contributed by atoms with Crippen LogP contribution in [0.5, 0.6) is 23.0 Å². The number of methoxy groups -OCH3 is 3. The molecule has 0 fully saturated rings. The van der Waals surface area contributed by atoms with E-state index in [1.807, 2.05) is 37.8 Å². The van der Waals surface area contributed by atoms with Crippen molar-refractivity contribution in [1.82, 2.24) is 4.90 Å². The zero-order chi connectivity index (χ0) is 43.9. The maximum Gasteiger partial charge on any atom is 0.347 e. The van der Waals surface area contributed by atoms with Crippen molar-refractivity contribution in [1.29, 1.82) is 0 Å². The van der Waals surface area contributed by atoms with Gasteiger partial charge in [-0.2, -0.15) is 0 Å². The Kier molecular flexibility index (Phi) is 14.6. The zero-order valence-electron chi connectivity index (χ0n) is 34.7. The molecule has 0 saturated carbocycles. The molecule has 4 N–H and O–H groups in total. The molecule has 0 amide bonds. The van der Waals surface area contributed by atoms with Crippen molar-refractivity contribution in [2.45, 2.75) is 48.4 Å². The molecule has 7 rings (SSSR count). The van der Waals surface area contributed by atoms with Crippen molar-refractivity contribution >= 4 is 52.1 Å². The van der Waals surface area contributed by atoms with E-state index < -0.39 is 35.4 Å². The van der Waals surface area contributed by atoms with Gasteiger partial charge in [-0.3, -0.25) is 0 Å². The van der Waals surface area contributed by atoms with Crippen LogP contribution in [-0.4, -0.2) is 104 Å². The molecule has 0 aliphatic carbocycles. The molecular formula is C45H50N2O12S. The molecule has 0 radical (unpaired) electrons. The van der Waals surface area contributed by atoms with E-state index in [2.05, 4.69) is 79.3 Å². The number of rotatable bonds is 11. The second-order valence-electron chi connectivity index (χ2n) is 14.8. The van der Waals surface area contributed by atoms with Gasteiger partial charge in [-0.05, 0) is 88.0 Å². The van der Waals surface area contributed by atoms with Crippen molar-refractivity contribution in [2.75, 3.05) is 53.4 Å². The molecule has 3 unspecified atom stereocenters. The Morgan fingerprint density at radius 3 is 1.88 bits per heavy atom. The van der Waals surface area contributed by atoms with Gasteiger partial charge in [0.15, 0.2) is 12.2 Å². The Hall–Kier alpha value is -6.00. The summed E-state index contributed by atoms with van der Waals surface area (Å²) < 4.78 is 28.3. The number of hydrogen-bond donors (Lipinski definition) is 4. The predicted molar refractivity (Wildman–Crippen MR) is 230 cm³/mol. The summed E-state index contributed by atoms with van der Waals surface area (Å²) >= 11 is 1.88. The molecule has 2 aliphatic heterocycles. The number of hydrogen-bond acceptors (Lipinski definition) is 13. The van der Waals surface area contributed by atoms with E-state index in [4.69, 9.17) is 43.8 Å². The molecule has 0 bridgehead atoms. The van der Waals surface area contributed by atoms with E-state index in [-0.39, 0.29) is 0 Å². The van der Waals surface area contributed by atoms with Crippen LogP contribution in [0.15, 0.2) is 104 Å². The average Bonchev–Trinajstić information content (AvgIpc) is 3.21. The Morgan fingerprint density at radius 2 is 1.38 bits per heavy atom. The predicted octanol–water partition coefficient (Wildman–Crippen LogP) is 7.03. The normalized spacial score (nSPS) is 14.7. The molecule has 15 heteroatoms. The lowest BCUT2D eigenvalue weighted by atomic mass is 9.98. The maximum absolute atomic E-state index is 12.9. The van der Waals surface area contributed by atoms with Crippen LogP contribution in [0.25, 0.3) is 28.2 Å². The minimum atomic E-state index is -2.27. The molecule has 3 atom stereocenters. The van der Waals surface area contributed by atoms with E-state index in [9.17, 15) is 14.4 Å². The third-order valence-corrected chi connectivity index (χ3v) is 10.6. The minimum absolute atomic E-state index is 0.321. The number of anilines is 2. The number of aliphatic hydroxyl groups is 2. The van der Waals surface area contributed by atoms with Gasteiger partial charge in [-0.25, -0.2) is 14.4 Å². The summed E-state index contributed by atoms with van der Waals surface area (Å²) in [6, 6.07) is 26.3. The highest BCUT2D eigenvalue weighted by Gasteiger charge is 2.31. The van der Waals surface area contributed by atoms with Crippen LogP contribution in [0.4, 0.5) is 11.4 Å². The Morgan fingerprint density at radius 1 is 0.833 bits per heavy atom. The highest BCUT2D eigenvalue weighted by molar-refractivity contribution is 7.99. The summed E-state index contributed by atoms with van der Waals surface area (Å²) in [7, 11) is 8.97. The number of carboxylic acid groups (broad SMARTS) is 2. The molecule has 5 aromatic rings. The Balaban J connectivity index is 0.000000192. The quantitative estimate of drug-likeness (QED) is 0.0991. The number of benzene rings is 4. The summed E-state index contributed by atoms with van der Waals surface area (Å²) in [5, 5.41) is 33.1. The summed E-state index contributed by atoms with van der Waals surface area (Å²) in [6.45, 7) is 8.38. The van der Waals surface area contributed by atoms with Crippen molar-refractivity contribution < 1.29 is 53.4 Å². The monoisotopic (exact) mass is 842 g/mol. The van der Waals surface area contributed by atoms with Crippen molar-refractivity contribution in [3.05, 3.63) is 101 Å². The number of carbonyl (C=O) groups is 2. The van der Waals surface area contributed by atoms with Crippen LogP contribution in [0.1, 0.15) is 26.3 Å². The number of carboxylic acids is 2. The standard InChI is InChI=1S/C23H22O6.C18H22N2S.C4H6O6/c1-23(2)11-10-15-16(29-23)12-17-19(20(15)26-4)21(27-5)18(22(24)28-17)13-6-8-14(25-3)9-7-13;1-14(12-19(2)3)13-20-15-8-4-6-10-17(15)21-18-11-7-5-9-16(18)20;5-1(3(7)8)2(6)4(9)10/h6-12H,1-5H3;4-11,14H,12-13H2,1-3H3;1-2,5-6H,(H,7,8)(H,9,10). The lowest BCUT2D eigenvalue weighted by Gasteiger charge is -2.35. The van der Waals surface area contributed by atoms with Crippen LogP contribution >= 0.6 is 11.8 Å². The number of aliphatic hydroxyl groups excluding tert-OH is 2. The number of nitrogens with zero attached hydrogens (tertiary/aromatic N) is 2. The summed E-state index contributed by atoms with van der Waals surface area (Å²) in [5.41, 5.74) is 3.79. The van der Waals surface area contributed by atoms with Gasteiger partial charge >= 0.3 is 17.6 Å². The molecule has 14 nitrogen and oxygen atoms in total. The first-order valence-electron chi connectivity index (χ1n) is 18.9. The molecule has 3 heterocycles. The largest absolute Gasteiger partial charge is 0.497 e. The summed E-state index contributed by atoms with van der Waals surface area (Å²) in [5.74, 6) is -0.730. The lowest BCUT2D eigenvalue weighted by Crippen LogP contribution is -2.39. The third-order valence-electron chi connectivity index (χ3n) is 9.43. The van der Waals surface area contributed by atoms with Crippen LogP contribution in [0.2, 0.25) is 0 Å². The fourth-order valence-corrected chi connectivity index (χ4v) is 7.89. The van der Waals surface area contributed by atoms with E-state index in [1.165, 1.54) is 28.3 Å². The van der Waals surface area contributed by atoms with Gasteiger partial charge in [0.05, 0.1) is 38.3 Å². The highest BCUT2D eigenvalue weighted by Crippen LogP contribution is 2.49. The first-order valence-corrected chi connectivity index (χ1v) is 19.7. The first kappa shape index (κ1) is 45.1. The number of fused-ring (bicyclic) bond motifs is 4. The third kappa shape index (κ3) is 10.2. The lowest BCUT2D eigenvalue weighted by molar-refractivity contribution is -0.165. The zero-order valence-corrected chi connectivity index (χ0v) is 35.5. The van der Waals surface area contributed by atoms with E-state index in [0.29, 0.717) is 51.0 Å². The highest BCUT2D eigenvalue weighted by atomic mass is 32.2. The molecular weight excluding hydrogens is 793 g/mol. The molecule has 4 aromatic carbocycles. The van der Waals surface area contributed by atoms with Crippen molar-refractivity contribution in [3.63, 3.8) is 0 Å². The molecule has 0 spiro atoms. The van der Waals surface area contributed by atoms with Crippen LogP contribution in [0.3, 0.4) is 0 Å². The first-order chi connectivity index (χ1) is 28.5. The van der Waals surface area contributed by atoms with Crippen LogP contribution < -0.4 is 29.5 Å². The van der Waals surface area contributed by atoms with E-state index in [0.717, 1.165) is 18.7 Å². The smallest absolute Gasteiger partial charge is 0.347 e. The van der Waals surface area contributed by atoms with Gasteiger partial charge in [0.1, 0.15) is 45.1 Å². The van der Waals surface area contributed by atoms with Crippen molar-refractivity contribution in [2.24, 2.45) is 5.92 Å². The van der Waals surface area contributed by atoms with Crippen LogP contribution in [0, 0.1) is 5.92 Å².